The first-order chi connectivity index (χ1) is 19.6. The molecule has 4 aromatic carbocycles. The number of aryl methyl sites for hydroxylation is 1. The number of hydrogen-bond acceptors (Lipinski definition) is 5. The first-order valence-corrected chi connectivity index (χ1v) is 14.6. The van der Waals surface area contributed by atoms with E-state index in [4.69, 9.17) is 16.3 Å². The van der Waals surface area contributed by atoms with E-state index >= 15 is 0 Å². The zero-order valence-corrected chi connectivity index (χ0v) is 23.8. The summed E-state index contributed by atoms with van der Waals surface area (Å²) in [6.45, 7) is 3.51. The number of halogens is 1. The third-order valence-electron chi connectivity index (χ3n) is 7.41. The number of nitrogens with one attached hydrogen (secondary N) is 1. The van der Waals surface area contributed by atoms with E-state index in [1.165, 1.54) is 24.3 Å². The summed E-state index contributed by atoms with van der Waals surface area (Å²) in [6, 6.07) is 26.2. The first-order valence-electron chi connectivity index (χ1n) is 12.8. The molecule has 2 atom stereocenters. The van der Waals surface area contributed by atoms with Gasteiger partial charge in [-0.05, 0) is 73.0 Å². The maximum absolute atomic E-state index is 14.2. The van der Waals surface area contributed by atoms with Crippen LogP contribution in [0.15, 0.2) is 108 Å². The lowest BCUT2D eigenvalue weighted by Crippen LogP contribution is -2.62. The average molecular weight is 591 g/mol. The number of benzene rings is 4. The van der Waals surface area contributed by atoms with Crippen LogP contribution in [0.1, 0.15) is 30.0 Å². The number of carboxylic acid groups (broad SMARTS) is 1. The van der Waals surface area contributed by atoms with Crippen LogP contribution in [-0.4, -0.2) is 29.8 Å². The largest absolute Gasteiger partial charge is 0.479 e. The summed E-state index contributed by atoms with van der Waals surface area (Å²) in [7, 11) is -4.66. The van der Waals surface area contributed by atoms with Crippen molar-refractivity contribution in [1.82, 2.24) is 9.62 Å². The fourth-order valence-corrected chi connectivity index (χ4v) is 7.25. The van der Waals surface area contributed by atoms with Crippen molar-refractivity contribution < 1.29 is 27.9 Å². The number of hydrogen-bond donors (Lipinski definition) is 2. The fraction of sp³-hybridized carbons (Fsp3) is 0.161. The number of aliphatic carboxylic acids is 1. The molecule has 0 aromatic heterocycles. The molecule has 0 saturated carbocycles. The molecule has 0 aliphatic carbocycles. The summed E-state index contributed by atoms with van der Waals surface area (Å²) in [5.41, 5.74) is -2.73. The topological polar surface area (TPSA) is 113 Å². The van der Waals surface area contributed by atoms with E-state index < -0.39 is 33.1 Å². The Morgan fingerprint density at radius 1 is 0.878 bits per heavy atom. The third-order valence-corrected chi connectivity index (χ3v) is 9.45. The number of carbonyl (C=O) groups is 2. The van der Waals surface area contributed by atoms with Gasteiger partial charge in [-0.3, -0.25) is 0 Å². The number of sulfonamides is 1. The SMILES string of the molecule is CC[C@@]1(c2ccccc2)NC(=O)N(S(=O)(=O)c2ccc(C)cc2)[C@]1(C(=O)O)c1ccc(Oc2ccc(Cl)cc2)cc1. The maximum Gasteiger partial charge on any atom is 0.338 e. The summed E-state index contributed by atoms with van der Waals surface area (Å²) >= 11 is 5.96. The number of carboxylic acids is 1. The van der Waals surface area contributed by atoms with Crippen LogP contribution in [0.5, 0.6) is 11.5 Å². The zero-order valence-electron chi connectivity index (χ0n) is 22.2. The summed E-state index contributed by atoms with van der Waals surface area (Å²) in [4.78, 5) is 27.2. The molecule has 210 valence electrons. The number of nitrogens with zero attached hydrogens (tertiary/aromatic N) is 1. The van der Waals surface area contributed by atoms with Crippen LogP contribution in [-0.2, 0) is 25.9 Å². The summed E-state index contributed by atoms with van der Waals surface area (Å²) in [6.07, 6.45) is 0.0675. The monoisotopic (exact) mass is 590 g/mol. The molecular weight excluding hydrogens is 564 g/mol. The Kier molecular flexibility index (Phi) is 7.27. The Morgan fingerprint density at radius 2 is 1.44 bits per heavy atom. The molecule has 1 aliphatic rings. The van der Waals surface area contributed by atoms with E-state index in [1.807, 2.05) is 0 Å². The molecule has 4 aromatic rings. The van der Waals surface area contributed by atoms with Crippen LogP contribution >= 0.6 is 11.6 Å². The lowest BCUT2D eigenvalue weighted by atomic mass is 9.68. The average Bonchev–Trinajstić information content (AvgIpc) is 3.26. The molecule has 2 amide bonds. The fourth-order valence-electron chi connectivity index (χ4n) is 5.47. The number of carbonyl (C=O) groups excluding carboxylic acids is 1. The Balaban J connectivity index is 1.74. The number of amides is 2. The third kappa shape index (κ3) is 4.51. The van der Waals surface area contributed by atoms with Crippen LogP contribution in [0, 0.1) is 6.92 Å². The van der Waals surface area contributed by atoms with Gasteiger partial charge >= 0.3 is 12.0 Å². The maximum atomic E-state index is 14.2. The highest BCUT2D eigenvalue weighted by Crippen LogP contribution is 2.53. The molecule has 8 nitrogen and oxygen atoms in total. The predicted molar refractivity (Wildman–Crippen MR) is 154 cm³/mol. The minimum atomic E-state index is -4.66. The summed E-state index contributed by atoms with van der Waals surface area (Å²) < 4.78 is 34.7. The van der Waals surface area contributed by atoms with Crippen molar-refractivity contribution in [2.24, 2.45) is 0 Å². The Hall–Kier alpha value is -4.34. The van der Waals surface area contributed by atoms with Crippen molar-refractivity contribution in [1.29, 1.82) is 0 Å². The summed E-state index contributed by atoms with van der Waals surface area (Å²) in [5.74, 6) is -0.629. The van der Waals surface area contributed by atoms with Crippen molar-refractivity contribution in [3.05, 3.63) is 125 Å². The molecule has 2 N–H and O–H groups in total. The van der Waals surface area contributed by atoms with Crippen molar-refractivity contribution in [3.8, 4) is 11.5 Å². The lowest BCUT2D eigenvalue weighted by Gasteiger charge is -2.44. The van der Waals surface area contributed by atoms with Gasteiger partial charge in [0, 0.05) is 5.02 Å². The zero-order chi connectivity index (χ0) is 29.4. The summed E-state index contributed by atoms with van der Waals surface area (Å²) in [5, 5.41) is 14.4. The van der Waals surface area contributed by atoms with E-state index in [-0.39, 0.29) is 16.9 Å². The van der Waals surface area contributed by atoms with Gasteiger partial charge in [0.25, 0.3) is 10.0 Å². The standard InChI is InChI=1S/C31H27ClN2O6S/c1-3-30(22-7-5-4-6-8-22)31(28(35)36,23-11-15-25(16-12-23)40-26-17-13-24(32)14-18-26)34(29(37)33-30)41(38,39)27-19-9-21(2)10-20-27/h4-20H,3H2,1-2H3,(H,33,37)(H,35,36)/t30-,31-/m0/s1. The van der Waals surface area contributed by atoms with Gasteiger partial charge in [-0.2, -0.15) is 4.31 Å². The van der Waals surface area contributed by atoms with Gasteiger partial charge in [-0.25, -0.2) is 18.0 Å². The molecule has 1 heterocycles. The molecule has 0 spiro atoms. The molecule has 10 heteroatoms. The first kappa shape index (κ1) is 28.2. The second kappa shape index (κ2) is 10.6. The molecule has 0 unspecified atom stereocenters. The molecule has 1 fully saturated rings. The van der Waals surface area contributed by atoms with Crippen LogP contribution in [0.2, 0.25) is 5.02 Å². The van der Waals surface area contributed by atoms with Crippen LogP contribution < -0.4 is 10.1 Å². The Morgan fingerprint density at radius 3 is 1.98 bits per heavy atom. The highest BCUT2D eigenvalue weighted by atomic mass is 35.5. The number of ether oxygens (including phenoxy) is 1. The van der Waals surface area contributed by atoms with Crippen molar-refractivity contribution in [2.75, 3.05) is 0 Å². The second-order valence-corrected chi connectivity index (χ2v) is 12.0. The van der Waals surface area contributed by atoms with Gasteiger partial charge in [0.15, 0.2) is 0 Å². The Labute approximate surface area is 243 Å². The van der Waals surface area contributed by atoms with E-state index in [1.54, 1.807) is 92.7 Å². The second-order valence-electron chi connectivity index (χ2n) is 9.73. The van der Waals surface area contributed by atoms with Crippen molar-refractivity contribution in [2.45, 2.75) is 36.2 Å². The van der Waals surface area contributed by atoms with Gasteiger partial charge in [-0.1, -0.05) is 78.7 Å². The van der Waals surface area contributed by atoms with E-state index in [2.05, 4.69) is 5.32 Å². The van der Waals surface area contributed by atoms with Crippen LogP contribution in [0.3, 0.4) is 0 Å². The van der Waals surface area contributed by atoms with Gasteiger partial charge in [0.1, 0.15) is 17.0 Å². The molecule has 0 bridgehead atoms. The predicted octanol–water partition coefficient (Wildman–Crippen LogP) is 6.44. The van der Waals surface area contributed by atoms with Crippen molar-refractivity contribution >= 4 is 33.6 Å². The van der Waals surface area contributed by atoms with Gasteiger partial charge in [-0.15, -0.1) is 0 Å². The number of rotatable bonds is 8. The smallest absolute Gasteiger partial charge is 0.338 e. The van der Waals surface area contributed by atoms with Crippen molar-refractivity contribution in [3.63, 3.8) is 0 Å². The van der Waals surface area contributed by atoms with Gasteiger partial charge < -0.3 is 15.2 Å². The van der Waals surface area contributed by atoms with E-state index in [0.29, 0.717) is 26.4 Å². The van der Waals surface area contributed by atoms with E-state index in [0.717, 1.165) is 5.56 Å². The molecule has 1 aliphatic heterocycles. The molecule has 1 saturated heterocycles. The van der Waals surface area contributed by atoms with Gasteiger partial charge in [0.2, 0.25) is 5.54 Å². The van der Waals surface area contributed by atoms with Gasteiger partial charge in [0.05, 0.1) is 4.90 Å². The lowest BCUT2D eigenvalue weighted by molar-refractivity contribution is -0.151. The molecule has 41 heavy (non-hydrogen) atoms. The van der Waals surface area contributed by atoms with Crippen LogP contribution in [0.4, 0.5) is 4.79 Å². The van der Waals surface area contributed by atoms with Crippen LogP contribution in [0.25, 0.3) is 0 Å². The molecule has 5 rings (SSSR count). The molecule has 0 radical (unpaired) electrons. The van der Waals surface area contributed by atoms with E-state index in [9.17, 15) is 23.1 Å². The number of urea groups is 1. The highest BCUT2D eigenvalue weighted by molar-refractivity contribution is 7.89. The Bertz CT molecular complexity index is 1690. The molecular formula is C31H27ClN2O6S. The normalized spacial score (nSPS) is 20.5. The minimum absolute atomic E-state index is 0.0675. The minimum Gasteiger partial charge on any atom is -0.479 e. The highest BCUT2D eigenvalue weighted by Gasteiger charge is 2.72. The quantitative estimate of drug-likeness (QED) is 0.244.